The fraction of sp³-hybridized carbons (Fsp3) is 0.350. The maximum atomic E-state index is 12.7. The predicted octanol–water partition coefficient (Wildman–Crippen LogP) is 3.05. The van der Waals surface area contributed by atoms with Crippen LogP contribution in [0.3, 0.4) is 0 Å². The molecule has 0 aliphatic heterocycles. The average Bonchev–Trinajstić information content (AvgIpc) is 3.32. The smallest absolute Gasteiger partial charge is 0.251 e. The molecule has 1 aliphatic carbocycles. The van der Waals surface area contributed by atoms with Crippen LogP contribution in [0.1, 0.15) is 54.4 Å². The third-order valence-corrected chi connectivity index (χ3v) is 4.55. The Morgan fingerprint density at radius 1 is 1.22 bits per heavy atom. The van der Waals surface area contributed by atoms with Crippen molar-refractivity contribution in [1.29, 1.82) is 0 Å². The molecule has 4 rings (SSSR count). The SMILES string of the molecule is Cc1ccc(-c2cc(C(=O)NC3CC3)cc(-n3nnnc3C(C)C)c2)nc1. The lowest BCUT2D eigenvalue weighted by atomic mass is 10.0. The van der Waals surface area contributed by atoms with Crippen molar-refractivity contribution in [2.75, 3.05) is 0 Å². The van der Waals surface area contributed by atoms with Crippen molar-refractivity contribution < 1.29 is 4.79 Å². The van der Waals surface area contributed by atoms with Gasteiger partial charge in [0.05, 0.1) is 11.4 Å². The van der Waals surface area contributed by atoms with Gasteiger partial charge in [-0.05, 0) is 60.0 Å². The molecule has 7 heteroatoms. The average molecular weight is 362 g/mol. The molecule has 0 unspecified atom stereocenters. The lowest BCUT2D eigenvalue weighted by molar-refractivity contribution is 0.0951. The first-order valence-corrected chi connectivity index (χ1v) is 9.19. The lowest BCUT2D eigenvalue weighted by Gasteiger charge is -2.12. The first kappa shape index (κ1) is 17.3. The van der Waals surface area contributed by atoms with Crippen LogP contribution >= 0.6 is 0 Å². The zero-order chi connectivity index (χ0) is 19.0. The van der Waals surface area contributed by atoms with Gasteiger partial charge in [-0.15, -0.1) is 5.10 Å². The highest BCUT2D eigenvalue weighted by Gasteiger charge is 2.24. The lowest BCUT2D eigenvalue weighted by Crippen LogP contribution is -2.25. The molecule has 3 aromatic rings. The van der Waals surface area contributed by atoms with Crippen molar-refractivity contribution in [2.45, 2.75) is 45.6 Å². The number of rotatable bonds is 5. The Balaban J connectivity index is 1.81. The number of amides is 1. The van der Waals surface area contributed by atoms with Gasteiger partial charge in [-0.2, -0.15) is 4.68 Å². The van der Waals surface area contributed by atoms with E-state index in [0.717, 1.165) is 41.2 Å². The van der Waals surface area contributed by atoms with Crippen molar-refractivity contribution in [3.8, 4) is 16.9 Å². The van der Waals surface area contributed by atoms with Gasteiger partial charge in [0.1, 0.15) is 0 Å². The van der Waals surface area contributed by atoms with E-state index in [-0.39, 0.29) is 11.8 Å². The molecule has 1 N–H and O–H groups in total. The Bertz CT molecular complexity index is 972. The number of tetrazole rings is 1. The summed E-state index contributed by atoms with van der Waals surface area (Å²) in [6, 6.07) is 9.93. The number of hydrogen-bond donors (Lipinski definition) is 1. The molecule has 0 saturated heterocycles. The number of aryl methyl sites for hydroxylation is 1. The zero-order valence-electron chi connectivity index (χ0n) is 15.7. The topological polar surface area (TPSA) is 85.6 Å². The number of benzene rings is 1. The Labute approximate surface area is 157 Å². The molecule has 1 aliphatic rings. The zero-order valence-corrected chi connectivity index (χ0v) is 15.7. The number of pyridine rings is 1. The third kappa shape index (κ3) is 3.72. The van der Waals surface area contributed by atoms with E-state index in [1.807, 2.05) is 57.3 Å². The van der Waals surface area contributed by atoms with E-state index in [1.165, 1.54) is 0 Å². The van der Waals surface area contributed by atoms with Crippen LogP contribution in [0.4, 0.5) is 0 Å². The van der Waals surface area contributed by atoms with E-state index in [9.17, 15) is 4.79 Å². The second kappa shape index (κ2) is 6.90. The molecular weight excluding hydrogens is 340 g/mol. The van der Waals surface area contributed by atoms with Crippen LogP contribution in [0.25, 0.3) is 16.9 Å². The normalized spacial score (nSPS) is 13.8. The summed E-state index contributed by atoms with van der Waals surface area (Å²) in [6.07, 6.45) is 3.91. The summed E-state index contributed by atoms with van der Waals surface area (Å²) < 4.78 is 1.69. The predicted molar refractivity (Wildman–Crippen MR) is 102 cm³/mol. The molecule has 0 atom stereocenters. The van der Waals surface area contributed by atoms with Crippen LogP contribution < -0.4 is 5.32 Å². The van der Waals surface area contributed by atoms with Gasteiger partial charge in [-0.1, -0.05) is 19.9 Å². The monoisotopic (exact) mass is 362 g/mol. The summed E-state index contributed by atoms with van der Waals surface area (Å²) in [6.45, 7) is 6.07. The minimum absolute atomic E-state index is 0.0770. The van der Waals surface area contributed by atoms with E-state index in [4.69, 9.17) is 0 Å². The number of carbonyl (C=O) groups excluding carboxylic acids is 1. The van der Waals surface area contributed by atoms with Crippen LogP contribution in [-0.4, -0.2) is 37.1 Å². The second-order valence-electron chi connectivity index (χ2n) is 7.34. The Morgan fingerprint density at radius 3 is 2.70 bits per heavy atom. The van der Waals surface area contributed by atoms with Crippen molar-refractivity contribution in [3.05, 3.63) is 53.5 Å². The fourth-order valence-corrected chi connectivity index (χ4v) is 2.89. The molecule has 2 heterocycles. The van der Waals surface area contributed by atoms with Crippen LogP contribution in [0.15, 0.2) is 36.5 Å². The second-order valence-corrected chi connectivity index (χ2v) is 7.34. The highest BCUT2D eigenvalue weighted by atomic mass is 16.1. The number of nitrogens with one attached hydrogen (secondary N) is 1. The Kier molecular flexibility index (Phi) is 4.43. The molecular formula is C20H22N6O. The van der Waals surface area contributed by atoms with Crippen LogP contribution in [0, 0.1) is 6.92 Å². The molecule has 2 aromatic heterocycles. The van der Waals surface area contributed by atoms with Gasteiger partial charge >= 0.3 is 0 Å². The number of aromatic nitrogens is 5. The van der Waals surface area contributed by atoms with E-state index < -0.39 is 0 Å². The molecule has 138 valence electrons. The summed E-state index contributed by atoms with van der Waals surface area (Å²) in [4.78, 5) is 17.2. The van der Waals surface area contributed by atoms with Gasteiger partial charge in [-0.25, -0.2) is 0 Å². The van der Waals surface area contributed by atoms with Gasteiger partial charge < -0.3 is 5.32 Å². The molecule has 0 radical (unpaired) electrons. The molecule has 1 fully saturated rings. The van der Waals surface area contributed by atoms with Gasteiger partial charge in [0.15, 0.2) is 5.82 Å². The largest absolute Gasteiger partial charge is 0.349 e. The van der Waals surface area contributed by atoms with Gasteiger partial charge in [-0.3, -0.25) is 9.78 Å². The maximum Gasteiger partial charge on any atom is 0.251 e. The quantitative estimate of drug-likeness (QED) is 0.754. The van der Waals surface area contributed by atoms with E-state index >= 15 is 0 Å². The van der Waals surface area contributed by atoms with E-state index in [0.29, 0.717) is 11.6 Å². The summed E-state index contributed by atoms with van der Waals surface area (Å²) in [5.74, 6) is 0.828. The first-order valence-electron chi connectivity index (χ1n) is 9.19. The van der Waals surface area contributed by atoms with Gasteiger partial charge in [0.2, 0.25) is 0 Å². The molecule has 1 aromatic carbocycles. The van der Waals surface area contributed by atoms with Crippen LogP contribution in [0.5, 0.6) is 0 Å². The maximum absolute atomic E-state index is 12.7. The molecule has 0 bridgehead atoms. The third-order valence-electron chi connectivity index (χ3n) is 4.55. The summed E-state index contributed by atoms with van der Waals surface area (Å²) in [5.41, 5.74) is 4.09. The fourth-order valence-electron chi connectivity index (χ4n) is 2.89. The summed E-state index contributed by atoms with van der Waals surface area (Å²) in [5, 5.41) is 15.1. The van der Waals surface area contributed by atoms with Crippen LogP contribution in [0.2, 0.25) is 0 Å². The van der Waals surface area contributed by atoms with Crippen molar-refractivity contribution >= 4 is 5.91 Å². The standard InChI is InChI=1S/C20H22N6O/c1-12(2)19-23-24-25-26(19)17-9-14(18-7-4-13(3)11-21-18)8-15(10-17)20(27)22-16-5-6-16/h4,7-12,16H,5-6H2,1-3H3,(H,22,27). The summed E-state index contributed by atoms with van der Waals surface area (Å²) >= 11 is 0. The Morgan fingerprint density at radius 2 is 2.04 bits per heavy atom. The van der Waals surface area contributed by atoms with Crippen LogP contribution in [-0.2, 0) is 0 Å². The minimum Gasteiger partial charge on any atom is -0.349 e. The van der Waals surface area contributed by atoms with Gasteiger partial charge in [0.25, 0.3) is 5.91 Å². The molecule has 27 heavy (non-hydrogen) atoms. The van der Waals surface area contributed by atoms with Gasteiger partial charge in [0, 0.05) is 29.3 Å². The minimum atomic E-state index is -0.0770. The first-order chi connectivity index (χ1) is 13.0. The molecule has 1 amide bonds. The van der Waals surface area contributed by atoms with Crippen molar-refractivity contribution in [1.82, 2.24) is 30.5 Å². The van der Waals surface area contributed by atoms with Crippen molar-refractivity contribution in [3.63, 3.8) is 0 Å². The molecule has 1 saturated carbocycles. The van der Waals surface area contributed by atoms with E-state index in [2.05, 4.69) is 25.8 Å². The number of hydrogen-bond acceptors (Lipinski definition) is 5. The van der Waals surface area contributed by atoms with Crippen molar-refractivity contribution in [2.24, 2.45) is 0 Å². The highest BCUT2D eigenvalue weighted by molar-refractivity contribution is 5.96. The summed E-state index contributed by atoms with van der Waals surface area (Å²) in [7, 11) is 0. The molecule has 0 spiro atoms. The van der Waals surface area contributed by atoms with E-state index in [1.54, 1.807) is 4.68 Å². The number of nitrogens with zero attached hydrogens (tertiary/aromatic N) is 5. The number of carbonyl (C=O) groups is 1. The highest BCUT2D eigenvalue weighted by Crippen LogP contribution is 2.26. The molecule has 7 nitrogen and oxygen atoms in total. The Hall–Kier alpha value is -3.09.